The Morgan fingerprint density at radius 2 is 1.11 bits per heavy atom. The van der Waals surface area contributed by atoms with Gasteiger partial charge >= 0.3 is 0 Å². The molecule has 0 spiro atoms. The molecule has 0 bridgehead atoms. The summed E-state index contributed by atoms with van der Waals surface area (Å²) < 4.78 is 49.6. The van der Waals surface area contributed by atoms with Gasteiger partial charge in [0.05, 0.1) is 18.0 Å². The third-order valence-electron chi connectivity index (χ3n) is 5.67. The largest absolute Gasteiger partial charge is 0.486 e. The Labute approximate surface area is 219 Å². The fraction of sp³-hybridized carbons (Fsp3) is 0.231. The number of carbonyl (C=O) groups is 2. The lowest BCUT2D eigenvalue weighted by atomic mass is 10.2. The number of hydrogen-bond donors (Lipinski definition) is 2. The van der Waals surface area contributed by atoms with Gasteiger partial charge in [-0.2, -0.15) is 4.31 Å². The maximum absolute atomic E-state index is 13.4. The van der Waals surface area contributed by atoms with Crippen molar-refractivity contribution in [2.45, 2.75) is 4.90 Å². The number of anilines is 2. The van der Waals surface area contributed by atoms with Gasteiger partial charge < -0.3 is 29.6 Å². The van der Waals surface area contributed by atoms with Gasteiger partial charge in [0.15, 0.2) is 23.0 Å². The molecule has 2 aliphatic heterocycles. The van der Waals surface area contributed by atoms with Crippen molar-refractivity contribution in [3.63, 3.8) is 0 Å². The molecule has 5 rings (SSSR count). The molecule has 0 radical (unpaired) electrons. The molecule has 0 aromatic heterocycles. The summed E-state index contributed by atoms with van der Waals surface area (Å²) in [6.45, 7) is 0.428. The van der Waals surface area contributed by atoms with Crippen LogP contribution in [0.15, 0.2) is 71.6 Å². The Bertz CT molecular complexity index is 1370. The Kier molecular flexibility index (Phi) is 7.33. The van der Waals surface area contributed by atoms with E-state index in [-0.39, 0.29) is 4.90 Å². The average molecular weight is 540 g/mol. The van der Waals surface area contributed by atoms with Crippen LogP contribution in [-0.4, -0.2) is 64.1 Å². The van der Waals surface area contributed by atoms with Crippen molar-refractivity contribution in [2.24, 2.45) is 0 Å². The van der Waals surface area contributed by atoms with Crippen LogP contribution in [0.25, 0.3) is 0 Å². The molecule has 12 heteroatoms. The fourth-order valence-electron chi connectivity index (χ4n) is 3.93. The number of sulfonamides is 1. The van der Waals surface area contributed by atoms with Crippen LogP contribution >= 0.6 is 0 Å². The van der Waals surface area contributed by atoms with E-state index in [2.05, 4.69) is 10.6 Å². The van der Waals surface area contributed by atoms with Crippen LogP contribution in [0.3, 0.4) is 0 Å². The minimum absolute atomic E-state index is 0.0424. The molecule has 0 unspecified atom stereocenters. The van der Waals surface area contributed by atoms with Crippen LogP contribution in [0.2, 0.25) is 0 Å². The number of nitrogens with zero attached hydrogens (tertiary/aromatic N) is 1. The summed E-state index contributed by atoms with van der Waals surface area (Å²) in [5.41, 5.74) is 0.800. The van der Waals surface area contributed by atoms with Gasteiger partial charge in [0.25, 0.3) is 0 Å². The molecule has 38 heavy (non-hydrogen) atoms. The molecule has 0 saturated carbocycles. The lowest BCUT2D eigenvalue weighted by Gasteiger charge is -2.22. The van der Waals surface area contributed by atoms with Crippen LogP contribution in [0, 0.1) is 0 Å². The molecular weight excluding hydrogens is 514 g/mol. The Hall–Kier alpha value is -4.29. The second kappa shape index (κ2) is 11.0. The van der Waals surface area contributed by atoms with Crippen molar-refractivity contribution in [3.8, 4) is 23.0 Å². The van der Waals surface area contributed by atoms with E-state index in [0.29, 0.717) is 60.8 Å². The Morgan fingerprint density at radius 3 is 1.58 bits per heavy atom. The summed E-state index contributed by atoms with van der Waals surface area (Å²) in [7, 11) is -4.18. The summed E-state index contributed by atoms with van der Waals surface area (Å²) in [6.07, 6.45) is 0. The van der Waals surface area contributed by atoms with E-state index in [1.165, 1.54) is 12.1 Å². The zero-order chi connectivity index (χ0) is 26.5. The van der Waals surface area contributed by atoms with Crippen molar-refractivity contribution < 1.29 is 37.0 Å². The molecule has 0 aliphatic carbocycles. The molecule has 2 amide bonds. The molecule has 2 heterocycles. The first kappa shape index (κ1) is 25.4. The Balaban J connectivity index is 1.32. The molecule has 3 aromatic carbocycles. The van der Waals surface area contributed by atoms with Crippen LogP contribution in [0.5, 0.6) is 23.0 Å². The second-order valence-electron chi connectivity index (χ2n) is 8.40. The van der Waals surface area contributed by atoms with Gasteiger partial charge in [-0.05, 0) is 36.4 Å². The second-order valence-corrected chi connectivity index (χ2v) is 10.3. The fourth-order valence-corrected chi connectivity index (χ4v) is 5.30. The van der Waals surface area contributed by atoms with Gasteiger partial charge in [-0.1, -0.05) is 18.2 Å². The zero-order valence-corrected chi connectivity index (χ0v) is 21.0. The SMILES string of the molecule is O=C(CN(CC(=O)Nc1ccc2c(c1)OCCO2)S(=O)(=O)c1ccccc1)Nc1ccc2c(c1)OCCO2. The van der Waals surface area contributed by atoms with Crippen molar-refractivity contribution >= 4 is 33.2 Å². The normalized spacial score (nSPS) is 14.0. The van der Waals surface area contributed by atoms with Crippen molar-refractivity contribution in [1.82, 2.24) is 4.31 Å². The van der Waals surface area contributed by atoms with Crippen molar-refractivity contribution in [2.75, 3.05) is 50.2 Å². The topological polar surface area (TPSA) is 132 Å². The predicted molar refractivity (Wildman–Crippen MR) is 137 cm³/mol. The summed E-state index contributed by atoms with van der Waals surface area (Å²) in [4.78, 5) is 25.8. The highest BCUT2D eigenvalue weighted by atomic mass is 32.2. The maximum Gasteiger partial charge on any atom is 0.244 e. The van der Waals surface area contributed by atoms with E-state index >= 15 is 0 Å². The summed E-state index contributed by atoms with van der Waals surface area (Å²) >= 11 is 0. The first-order valence-corrected chi connectivity index (χ1v) is 13.3. The summed E-state index contributed by atoms with van der Waals surface area (Å²) in [5, 5.41) is 5.32. The molecule has 0 atom stereocenters. The summed E-state index contributed by atoms with van der Waals surface area (Å²) in [6, 6.07) is 17.4. The van der Waals surface area contributed by atoms with Gasteiger partial charge in [0, 0.05) is 23.5 Å². The molecule has 198 valence electrons. The van der Waals surface area contributed by atoms with Crippen molar-refractivity contribution in [1.29, 1.82) is 0 Å². The van der Waals surface area contributed by atoms with E-state index in [9.17, 15) is 18.0 Å². The smallest absolute Gasteiger partial charge is 0.244 e. The minimum Gasteiger partial charge on any atom is -0.486 e. The highest BCUT2D eigenvalue weighted by Crippen LogP contribution is 2.33. The van der Waals surface area contributed by atoms with Crippen LogP contribution in [0.1, 0.15) is 0 Å². The number of nitrogens with one attached hydrogen (secondary N) is 2. The minimum atomic E-state index is -4.18. The number of ether oxygens (including phenoxy) is 4. The Morgan fingerprint density at radius 1 is 0.658 bits per heavy atom. The van der Waals surface area contributed by atoms with Gasteiger partial charge in [-0.25, -0.2) is 8.42 Å². The van der Waals surface area contributed by atoms with E-state index in [1.54, 1.807) is 54.6 Å². The molecule has 0 saturated heterocycles. The predicted octanol–water partition coefficient (Wildman–Crippen LogP) is 2.50. The first-order chi connectivity index (χ1) is 18.4. The lowest BCUT2D eigenvalue weighted by Crippen LogP contribution is -2.42. The highest BCUT2D eigenvalue weighted by Gasteiger charge is 2.29. The van der Waals surface area contributed by atoms with E-state index < -0.39 is 34.9 Å². The third-order valence-corrected chi connectivity index (χ3v) is 7.48. The van der Waals surface area contributed by atoms with Gasteiger partial charge in [-0.3, -0.25) is 9.59 Å². The number of benzene rings is 3. The number of amides is 2. The van der Waals surface area contributed by atoms with Crippen LogP contribution in [-0.2, 0) is 19.6 Å². The van der Waals surface area contributed by atoms with Gasteiger partial charge in [0.2, 0.25) is 21.8 Å². The summed E-state index contributed by atoms with van der Waals surface area (Å²) in [5.74, 6) is 0.793. The maximum atomic E-state index is 13.4. The quantitative estimate of drug-likeness (QED) is 0.446. The van der Waals surface area contributed by atoms with Crippen molar-refractivity contribution in [3.05, 3.63) is 66.7 Å². The van der Waals surface area contributed by atoms with Gasteiger partial charge in [0.1, 0.15) is 26.4 Å². The van der Waals surface area contributed by atoms with E-state index in [4.69, 9.17) is 18.9 Å². The third kappa shape index (κ3) is 5.82. The van der Waals surface area contributed by atoms with E-state index in [1.807, 2.05) is 0 Å². The zero-order valence-electron chi connectivity index (χ0n) is 20.2. The molecule has 2 N–H and O–H groups in total. The van der Waals surface area contributed by atoms with Crippen LogP contribution < -0.4 is 29.6 Å². The van der Waals surface area contributed by atoms with Gasteiger partial charge in [-0.15, -0.1) is 0 Å². The number of rotatable bonds is 8. The molecule has 0 fully saturated rings. The molecule has 11 nitrogen and oxygen atoms in total. The highest BCUT2D eigenvalue weighted by molar-refractivity contribution is 7.89. The lowest BCUT2D eigenvalue weighted by molar-refractivity contribution is -0.118. The van der Waals surface area contributed by atoms with Crippen LogP contribution in [0.4, 0.5) is 11.4 Å². The molecular formula is C26H25N3O8S. The number of carbonyl (C=O) groups excluding carboxylic acids is 2. The monoisotopic (exact) mass is 539 g/mol. The standard InChI is InChI=1S/C26H25N3O8S/c30-25(27-18-6-8-21-23(14-18)36-12-10-34-21)16-29(38(32,33)20-4-2-1-3-5-20)17-26(31)28-19-7-9-22-24(15-19)37-13-11-35-22/h1-9,14-15H,10-13,16-17H2,(H,27,30)(H,28,31). The number of fused-ring (bicyclic) bond motifs is 2. The average Bonchev–Trinajstić information content (AvgIpc) is 2.93. The number of hydrogen-bond acceptors (Lipinski definition) is 8. The molecule has 2 aliphatic rings. The molecule has 3 aromatic rings. The first-order valence-electron chi connectivity index (χ1n) is 11.8. The van der Waals surface area contributed by atoms with E-state index in [0.717, 1.165) is 4.31 Å².